The Morgan fingerprint density at radius 1 is 1.53 bits per heavy atom. The highest BCUT2D eigenvalue weighted by Gasteiger charge is 2.44. The van der Waals surface area contributed by atoms with Crippen LogP contribution < -0.4 is 5.59 Å². The summed E-state index contributed by atoms with van der Waals surface area (Å²) in [6, 6.07) is 1.93. The van der Waals surface area contributed by atoms with Gasteiger partial charge < -0.3 is 9.31 Å². The molecule has 0 amide bonds. The molecule has 2 rings (SSSR count). The first kappa shape index (κ1) is 12.2. The molecule has 0 bridgehead atoms. The van der Waals surface area contributed by atoms with Crippen LogP contribution in [-0.4, -0.2) is 22.5 Å². The second-order valence-electron chi connectivity index (χ2n) is 5.36. The van der Waals surface area contributed by atoms with Crippen LogP contribution >= 0.6 is 0 Å². The van der Waals surface area contributed by atoms with E-state index < -0.39 is 12.7 Å². The predicted octanol–water partition coefficient (Wildman–Crippen LogP) is 1.57. The zero-order valence-electron chi connectivity index (χ0n) is 10.9. The summed E-state index contributed by atoms with van der Waals surface area (Å²) in [6.07, 6.45) is 1.95. The number of nitrogens with zero attached hydrogens (tertiary/aromatic N) is 2. The van der Waals surface area contributed by atoms with E-state index in [-0.39, 0.29) is 0 Å². The highest BCUT2D eigenvalue weighted by molar-refractivity contribution is 6.61. The van der Waals surface area contributed by atoms with E-state index in [0.717, 1.165) is 12.1 Å². The van der Waals surface area contributed by atoms with Crippen LogP contribution in [0.2, 0.25) is 0 Å². The van der Waals surface area contributed by atoms with Crippen LogP contribution in [0.5, 0.6) is 0 Å². The van der Waals surface area contributed by atoms with E-state index in [9.17, 15) is 0 Å². The summed E-state index contributed by atoms with van der Waals surface area (Å²) in [7, 11) is -0.425. The smallest absolute Gasteiger partial charge is 0.533 e. The van der Waals surface area contributed by atoms with E-state index >= 15 is 0 Å². The summed E-state index contributed by atoms with van der Waals surface area (Å²) in [5, 5.41) is 4.46. The maximum atomic E-state index is 5.77. The Bertz CT molecular complexity index is 426. The molecular formula is C12H19BN2O2. The van der Waals surface area contributed by atoms with Crippen molar-refractivity contribution in [3.63, 3.8) is 0 Å². The predicted molar refractivity (Wildman–Crippen MR) is 67.8 cm³/mol. The van der Waals surface area contributed by atoms with Crippen molar-refractivity contribution in [2.24, 2.45) is 5.92 Å². The zero-order chi connectivity index (χ0) is 12.6. The van der Waals surface area contributed by atoms with Crippen molar-refractivity contribution in [2.45, 2.75) is 39.8 Å². The molecular weight excluding hydrogens is 215 g/mol. The highest BCUT2D eigenvalue weighted by atomic mass is 16.7. The Labute approximate surface area is 103 Å². The van der Waals surface area contributed by atoms with Gasteiger partial charge in [0.05, 0.1) is 5.76 Å². The summed E-state index contributed by atoms with van der Waals surface area (Å²) in [4.78, 5) is 0. The summed E-state index contributed by atoms with van der Waals surface area (Å²) >= 11 is 0. The lowest BCUT2D eigenvalue weighted by atomic mass is 9.85. The van der Waals surface area contributed by atoms with E-state index in [1.807, 2.05) is 30.8 Å². The van der Waals surface area contributed by atoms with E-state index in [4.69, 9.17) is 9.31 Å². The summed E-state index contributed by atoms with van der Waals surface area (Å²) < 4.78 is 13.3. The molecule has 17 heavy (non-hydrogen) atoms. The molecule has 1 saturated heterocycles. The van der Waals surface area contributed by atoms with Gasteiger partial charge in [-0.25, -0.2) is 0 Å². The summed E-state index contributed by atoms with van der Waals surface area (Å²) in [5.74, 6) is 1.22. The standard InChI is InChI=1S/C12H19BN2O2/c1-9(2)8-15-7-6-11(14-15)13-16-10(3)12(4,5)17-13/h6-7,9H,3,8H2,1-2,4-5H3. The van der Waals surface area contributed by atoms with Gasteiger partial charge in [-0.05, 0) is 25.8 Å². The third-order valence-electron chi connectivity index (χ3n) is 2.78. The molecule has 0 saturated carbocycles. The quantitative estimate of drug-likeness (QED) is 0.745. The van der Waals surface area contributed by atoms with Gasteiger partial charge in [-0.3, -0.25) is 4.68 Å². The van der Waals surface area contributed by atoms with Crippen molar-refractivity contribution >= 4 is 12.7 Å². The van der Waals surface area contributed by atoms with E-state index in [2.05, 4.69) is 25.5 Å². The van der Waals surface area contributed by atoms with E-state index in [1.54, 1.807) is 0 Å². The van der Waals surface area contributed by atoms with Gasteiger partial charge in [0, 0.05) is 12.7 Å². The topological polar surface area (TPSA) is 36.3 Å². The number of hydrogen-bond donors (Lipinski definition) is 0. The van der Waals surface area contributed by atoms with Crippen LogP contribution in [0.25, 0.3) is 0 Å². The van der Waals surface area contributed by atoms with Crippen molar-refractivity contribution in [3.05, 3.63) is 24.6 Å². The van der Waals surface area contributed by atoms with Crippen LogP contribution in [0.1, 0.15) is 27.7 Å². The Morgan fingerprint density at radius 3 is 2.76 bits per heavy atom. The number of rotatable bonds is 3. The van der Waals surface area contributed by atoms with Gasteiger partial charge in [-0.2, -0.15) is 5.10 Å². The molecule has 0 spiro atoms. The first-order valence-electron chi connectivity index (χ1n) is 5.95. The molecule has 0 radical (unpaired) electrons. The van der Waals surface area contributed by atoms with Crippen molar-refractivity contribution < 1.29 is 9.31 Å². The first-order chi connectivity index (χ1) is 7.88. The second kappa shape index (κ2) is 4.22. The minimum absolute atomic E-state index is 0.425. The fraction of sp³-hybridized carbons (Fsp3) is 0.583. The van der Waals surface area contributed by atoms with Crippen molar-refractivity contribution in [2.75, 3.05) is 0 Å². The Balaban J connectivity index is 2.09. The van der Waals surface area contributed by atoms with Gasteiger partial charge in [-0.1, -0.05) is 20.4 Å². The molecule has 5 heteroatoms. The Kier molecular flexibility index (Phi) is 3.04. The van der Waals surface area contributed by atoms with E-state index in [1.165, 1.54) is 0 Å². The molecule has 0 unspecified atom stereocenters. The monoisotopic (exact) mass is 234 g/mol. The maximum absolute atomic E-state index is 5.77. The summed E-state index contributed by atoms with van der Waals surface area (Å²) in [6.45, 7) is 13.0. The second-order valence-corrected chi connectivity index (χ2v) is 5.36. The minimum atomic E-state index is -0.438. The van der Waals surface area contributed by atoms with Crippen molar-refractivity contribution in [3.8, 4) is 0 Å². The molecule has 2 heterocycles. The van der Waals surface area contributed by atoms with Crippen LogP contribution in [0, 0.1) is 5.92 Å². The molecule has 1 aromatic rings. The van der Waals surface area contributed by atoms with Crippen molar-refractivity contribution in [1.82, 2.24) is 9.78 Å². The average Bonchev–Trinajstić information content (AvgIpc) is 2.72. The lowest BCUT2D eigenvalue weighted by Gasteiger charge is -2.15. The van der Waals surface area contributed by atoms with Gasteiger partial charge in [-0.15, -0.1) is 0 Å². The van der Waals surface area contributed by atoms with Crippen LogP contribution in [0.4, 0.5) is 0 Å². The first-order valence-corrected chi connectivity index (χ1v) is 5.95. The summed E-state index contributed by atoms with van der Waals surface area (Å²) in [5.41, 5.74) is 0.365. The Hall–Kier alpha value is -1.23. The molecule has 0 aliphatic carbocycles. The molecule has 92 valence electrons. The third-order valence-corrected chi connectivity index (χ3v) is 2.78. The average molecular weight is 234 g/mol. The lowest BCUT2D eigenvalue weighted by molar-refractivity contribution is 0.172. The minimum Gasteiger partial charge on any atom is -0.533 e. The van der Waals surface area contributed by atoms with Gasteiger partial charge in [0.25, 0.3) is 0 Å². The van der Waals surface area contributed by atoms with Gasteiger partial charge >= 0.3 is 7.12 Å². The molecule has 1 aliphatic heterocycles. The fourth-order valence-electron chi connectivity index (χ4n) is 1.73. The Morgan fingerprint density at radius 2 is 2.24 bits per heavy atom. The molecule has 0 aromatic carbocycles. The molecule has 1 aliphatic rings. The van der Waals surface area contributed by atoms with Gasteiger partial charge in [0.2, 0.25) is 0 Å². The molecule has 0 atom stereocenters. The molecule has 4 nitrogen and oxygen atoms in total. The molecule has 0 N–H and O–H groups in total. The van der Waals surface area contributed by atoms with Crippen LogP contribution in [-0.2, 0) is 15.9 Å². The lowest BCUT2D eigenvalue weighted by Crippen LogP contribution is -2.36. The molecule has 1 fully saturated rings. The maximum Gasteiger partial charge on any atom is 0.585 e. The number of aromatic nitrogens is 2. The van der Waals surface area contributed by atoms with Gasteiger partial charge in [0.15, 0.2) is 0 Å². The van der Waals surface area contributed by atoms with Crippen LogP contribution in [0.15, 0.2) is 24.6 Å². The van der Waals surface area contributed by atoms with E-state index in [0.29, 0.717) is 11.7 Å². The van der Waals surface area contributed by atoms with Gasteiger partial charge in [0.1, 0.15) is 11.2 Å². The third kappa shape index (κ3) is 2.55. The zero-order valence-corrected chi connectivity index (χ0v) is 10.9. The number of hydrogen-bond acceptors (Lipinski definition) is 3. The normalized spacial score (nSPS) is 18.9. The highest BCUT2D eigenvalue weighted by Crippen LogP contribution is 2.28. The molecule has 1 aromatic heterocycles. The van der Waals surface area contributed by atoms with Crippen LogP contribution in [0.3, 0.4) is 0 Å². The SMILES string of the molecule is C=C1OB(c2ccn(CC(C)C)n2)OC1(C)C. The van der Waals surface area contributed by atoms with Crippen molar-refractivity contribution in [1.29, 1.82) is 0 Å². The fourth-order valence-corrected chi connectivity index (χ4v) is 1.73. The largest absolute Gasteiger partial charge is 0.585 e.